The molecule has 6 heteroatoms. The monoisotopic (exact) mass is 312 g/mol. The molecule has 1 heterocycles. The lowest BCUT2D eigenvalue weighted by atomic mass is 9.98. The second-order valence-electron chi connectivity index (χ2n) is 5.22. The number of carbonyl (C=O) groups is 2. The van der Waals surface area contributed by atoms with Crippen LogP contribution >= 0.6 is 0 Å². The van der Waals surface area contributed by atoms with E-state index in [9.17, 15) is 14.8 Å². The summed E-state index contributed by atoms with van der Waals surface area (Å²) >= 11 is 0. The van der Waals surface area contributed by atoms with Crippen molar-refractivity contribution >= 4 is 11.8 Å². The molecule has 3 rings (SSSR count). The Kier molecular flexibility index (Phi) is 3.99. The van der Waals surface area contributed by atoms with Crippen LogP contribution in [-0.2, 0) is 13.2 Å². The van der Waals surface area contributed by atoms with Crippen LogP contribution in [0.4, 0.5) is 4.79 Å². The molecule has 0 radical (unpaired) electrons. The number of amides is 2. The van der Waals surface area contributed by atoms with Gasteiger partial charge in [0.2, 0.25) is 0 Å². The van der Waals surface area contributed by atoms with Gasteiger partial charge < -0.3 is 10.1 Å². The van der Waals surface area contributed by atoms with Crippen LogP contribution in [0, 0.1) is 0 Å². The summed E-state index contributed by atoms with van der Waals surface area (Å²) in [5, 5.41) is 12.5. The molecule has 2 amide bonds. The van der Waals surface area contributed by atoms with Crippen LogP contribution < -0.4 is 10.1 Å². The van der Waals surface area contributed by atoms with Crippen LogP contribution in [0.15, 0.2) is 42.5 Å². The number of hydroxylamine groups is 2. The number of nitrogens with one attached hydrogen (secondary N) is 1. The van der Waals surface area contributed by atoms with E-state index in [1.54, 1.807) is 24.3 Å². The van der Waals surface area contributed by atoms with Crippen molar-refractivity contribution in [3.05, 3.63) is 64.7 Å². The fourth-order valence-corrected chi connectivity index (χ4v) is 2.51. The Labute approximate surface area is 133 Å². The molecule has 2 N–H and O–H groups in total. The van der Waals surface area contributed by atoms with Gasteiger partial charge in [-0.05, 0) is 17.7 Å². The maximum Gasteiger partial charge on any atom is 0.341 e. The summed E-state index contributed by atoms with van der Waals surface area (Å²) in [4.78, 5) is 24.0. The Bertz CT molecular complexity index is 773. The number of hydrogen-bond donors (Lipinski definition) is 2. The quantitative estimate of drug-likeness (QED) is 0.659. The fourth-order valence-electron chi connectivity index (χ4n) is 2.51. The Morgan fingerprint density at radius 1 is 1.26 bits per heavy atom. The highest BCUT2D eigenvalue weighted by atomic mass is 16.5. The summed E-state index contributed by atoms with van der Waals surface area (Å²) in [5.41, 5.74) is 2.61. The lowest BCUT2D eigenvalue weighted by molar-refractivity contribution is -0.0501. The predicted octanol–water partition coefficient (Wildman–Crippen LogP) is 2.34. The first-order valence-electron chi connectivity index (χ1n) is 7.16. The SMILES string of the molecule is CNC(=O)N(O)Cc1ccc2c(c1)OCc1ccccc1C2=O. The van der Waals surface area contributed by atoms with Crippen molar-refractivity contribution < 1.29 is 19.5 Å². The molecule has 0 saturated carbocycles. The van der Waals surface area contributed by atoms with Gasteiger partial charge in [-0.25, -0.2) is 9.86 Å². The van der Waals surface area contributed by atoms with Crippen LogP contribution in [0.2, 0.25) is 0 Å². The van der Waals surface area contributed by atoms with Gasteiger partial charge in [-0.2, -0.15) is 0 Å². The molecule has 0 atom stereocenters. The highest BCUT2D eigenvalue weighted by Crippen LogP contribution is 2.29. The third-order valence-electron chi connectivity index (χ3n) is 3.72. The molecule has 118 valence electrons. The maximum absolute atomic E-state index is 12.6. The zero-order valence-electron chi connectivity index (χ0n) is 12.6. The zero-order chi connectivity index (χ0) is 16.4. The van der Waals surface area contributed by atoms with Gasteiger partial charge in [-0.3, -0.25) is 10.0 Å². The second kappa shape index (κ2) is 6.10. The Balaban J connectivity index is 1.90. The van der Waals surface area contributed by atoms with E-state index in [1.165, 1.54) is 7.05 Å². The molecule has 2 aromatic rings. The summed E-state index contributed by atoms with van der Waals surface area (Å²) in [7, 11) is 1.43. The molecule has 2 aromatic carbocycles. The molecular formula is C17H16N2O4. The number of ether oxygens (including phenoxy) is 1. The average Bonchev–Trinajstić information content (AvgIpc) is 2.71. The van der Waals surface area contributed by atoms with E-state index in [0.29, 0.717) is 34.1 Å². The summed E-state index contributed by atoms with van der Waals surface area (Å²) in [6, 6.07) is 11.8. The smallest absolute Gasteiger partial charge is 0.341 e. The van der Waals surface area contributed by atoms with Crippen molar-refractivity contribution in [3.63, 3.8) is 0 Å². The van der Waals surface area contributed by atoms with Gasteiger partial charge >= 0.3 is 6.03 Å². The lowest BCUT2D eigenvalue weighted by Gasteiger charge is -2.15. The normalized spacial score (nSPS) is 12.5. The van der Waals surface area contributed by atoms with Crippen LogP contribution in [-0.4, -0.2) is 29.1 Å². The van der Waals surface area contributed by atoms with E-state index in [-0.39, 0.29) is 12.3 Å². The van der Waals surface area contributed by atoms with Crippen LogP contribution in [0.25, 0.3) is 0 Å². The molecule has 0 fully saturated rings. The van der Waals surface area contributed by atoms with E-state index in [1.807, 2.05) is 18.2 Å². The number of ketones is 1. The summed E-state index contributed by atoms with van der Waals surface area (Å²) in [6.45, 7) is 0.300. The summed E-state index contributed by atoms with van der Waals surface area (Å²) in [6.07, 6.45) is 0. The molecule has 0 spiro atoms. The van der Waals surface area contributed by atoms with E-state index in [2.05, 4.69) is 5.32 Å². The predicted molar refractivity (Wildman–Crippen MR) is 82.4 cm³/mol. The third kappa shape index (κ3) is 2.89. The molecule has 1 aliphatic heterocycles. The molecule has 0 aliphatic carbocycles. The molecule has 6 nitrogen and oxygen atoms in total. The molecule has 0 bridgehead atoms. The third-order valence-corrected chi connectivity index (χ3v) is 3.72. The van der Waals surface area contributed by atoms with Crippen molar-refractivity contribution in [2.24, 2.45) is 0 Å². The van der Waals surface area contributed by atoms with Gasteiger partial charge in [0.1, 0.15) is 12.4 Å². The minimum absolute atomic E-state index is 0.00253. The van der Waals surface area contributed by atoms with Crippen molar-refractivity contribution in [2.45, 2.75) is 13.2 Å². The minimum Gasteiger partial charge on any atom is -0.488 e. The molecule has 1 aliphatic rings. The van der Waals surface area contributed by atoms with Gasteiger partial charge in [-0.1, -0.05) is 30.3 Å². The number of urea groups is 1. The topological polar surface area (TPSA) is 78.9 Å². The molecule has 0 aromatic heterocycles. The molecule has 0 saturated heterocycles. The number of nitrogens with zero attached hydrogens (tertiary/aromatic N) is 1. The first-order valence-corrected chi connectivity index (χ1v) is 7.16. The van der Waals surface area contributed by atoms with Crippen molar-refractivity contribution in [3.8, 4) is 5.75 Å². The molecule has 0 unspecified atom stereocenters. The van der Waals surface area contributed by atoms with Gasteiger partial charge in [0, 0.05) is 18.2 Å². The van der Waals surface area contributed by atoms with Crippen LogP contribution in [0.3, 0.4) is 0 Å². The van der Waals surface area contributed by atoms with E-state index in [0.717, 1.165) is 5.56 Å². The van der Waals surface area contributed by atoms with E-state index >= 15 is 0 Å². The number of rotatable bonds is 2. The fraction of sp³-hybridized carbons (Fsp3) is 0.176. The van der Waals surface area contributed by atoms with E-state index < -0.39 is 6.03 Å². The first kappa shape index (κ1) is 15.1. The van der Waals surface area contributed by atoms with Crippen LogP contribution in [0.5, 0.6) is 5.75 Å². The highest BCUT2D eigenvalue weighted by Gasteiger charge is 2.22. The standard InChI is InChI=1S/C17H16N2O4/c1-18-17(21)19(22)9-11-6-7-14-15(8-11)23-10-12-4-2-3-5-13(12)16(14)20/h2-8,22H,9-10H2,1H3,(H,18,21). The van der Waals surface area contributed by atoms with Crippen molar-refractivity contribution in [1.82, 2.24) is 10.4 Å². The largest absolute Gasteiger partial charge is 0.488 e. The average molecular weight is 312 g/mol. The Morgan fingerprint density at radius 3 is 2.83 bits per heavy atom. The van der Waals surface area contributed by atoms with Crippen LogP contribution in [0.1, 0.15) is 27.0 Å². The Morgan fingerprint density at radius 2 is 2.04 bits per heavy atom. The highest BCUT2D eigenvalue weighted by molar-refractivity contribution is 6.12. The van der Waals surface area contributed by atoms with Gasteiger partial charge in [0.15, 0.2) is 5.78 Å². The second-order valence-corrected chi connectivity index (χ2v) is 5.22. The summed E-state index contributed by atoms with van der Waals surface area (Å²) < 4.78 is 5.73. The lowest BCUT2D eigenvalue weighted by Crippen LogP contribution is -2.34. The van der Waals surface area contributed by atoms with Gasteiger partial charge in [0.25, 0.3) is 0 Å². The Hall–Kier alpha value is -2.86. The van der Waals surface area contributed by atoms with Crippen molar-refractivity contribution in [2.75, 3.05) is 7.05 Å². The minimum atomic E-state index is -0.607. The van der Waals surface area contributed by atoms with Gasteiger partial charge in [-0.15, -0.1) is 0 Å². The summed E-state index contributed by atoms with van der Waals surface area (Å²) in [5.74, 6) is 0.362. The number of fused-ring (bicyclic) bond motifs is 2. The van der Waals surface area contributed by atoms with E-state index in [4.69, 9.17) is 4.74 Å². The number of carbonyl (C=O) groups excluding carboxylic acids is 2. The van der Waals surface area contributed by atoms with Crippen molar-refractivity contribution in [1.29, 1.82) is 0 Å². The first-order chi connectivity index (χ1) is 11.1. The molecular weight excluding hydrogens is 296 g/mol. The van der Waals surface area contributed by atoms with Gasteiger partial charge in [0.05, 0.1) is 12.1 Å². The maximum atomic E-state index is 12.6. The number of hydrogen-bond acceptors (Lipinski definition) is 4. The molecule has 23 heavy (non-hydrogen) atoms. The zero-order valence-corrected chi connectivity index (χ0v) is 12.6. The number of benzene rings is 2.